The van der Waals surface area contributed by atoms with E-state index in [1.54, 1.807) is 24.3 Å². The molecule has 3 aliphatic heterocycles. The summed E-state index contributed by atoms with van der Waals surface area (Å²) in [6.07, 6.45) is 2.21. The molecule has 0 radical (unpaired) electrons. The van der Waals surface area contributed by atoms with Gasteiger partial charge in [-0.15, -0.1) is 0 Å². The molecule has 12 heteroatoms. The number of urea groups is 1. The van der Waals surface area contributed by atoms with Crippen molar-refractivity contribution in [2.45, 2.75) is 71.6 Å². The smallest absolute Gasteiger partial charge is 0.323 e. The minimum atomic E-state index is -0.371. The van der Waals surface area contributed by atoms with Gasteiger partial charge < -0.3 is 30.1 Å². The monoisotopic (exact) mass is 641 g/mol. The van der Waals surface area contributed by atoms with Crippen LogP contribution < -0.4 is 20.4 Å². The van der Waals surface area contributed by atoms with Crippen molar-refractivity contribution in [2.75, 3.05) is 66.4 Å². The van der Waals surface area contributed by atoms with Crippen LogP contribution in [0.3, 0.4) is 0 Å². The number of aromatic nitrogens is 3. The van der Waals surface area contributed by atoms with Gasteiger partial charge in [0.1, 0.15) is 0 Å². The first-order valence-electron chi connectivity index (χ1n) is 16.9. The van der Waals surface area contributed by atoms with Gasteiger partial charge in [-0.05, 0) is 96.0 Å². The van der Waals surface area contributed by atoms with Crippen LogP contribution in [-0.4, -0.2) is 107 Å². The Balaban J connectivity index is 1.11. The van der Waals surface area contributed by atoms with Crippen molar-refractivity contribution in [3.8, 4) is 11.4 Å². The Bertz CT molecular complexity index is 1530. The van der Waals surface area contributed by atoms with Gasteiger partial charge in [0.05, 0.1) is 19.3 Å². The van der Waals surface area contributed by atoms with Crippen molar-refractivity contribution in [2.24, 2.45) is 0 Å². The fourth-order valence-electron chi connectivity index (χ4n) is 6.66. The summed E-state index contributed by atoms with van der Waals surface area (Å²) >= 11 is 0. The van der Waals surface area contributed by atoms with E-state index in [9.17, 15) is 9.59 Å². The molecule has 1 aromatic heterocycles. The highest BCUT2D eigenvalue weighted by atomic mass is 16.5. The summed E-state index contributed by atoms with van der Waals surface area (Å²) in [7, 11) is 0. The van der Waals surface area contributed by atoms with E-state index in [-0.39, 0.29) is 18.0 Å². The van der Waals surface area contributed by atoms with Gasteiger partial charge >= 0.3 is 6.03 Å². The molecule has 3 aliphatic rings. The molecule has 3 fully saturated rings. The van der Waals surface area contributed by atoms with Gasteiger partial charge in [-0.3, -0.25) is 9.69 Å². The number of amides is 3. The Hall–Kier alpha value is -4.29. The first-order chi connectivity index (χ1) is 22.7. The third kappa shape index (κ3) is 7.49. The summed E-state index contributed by atoms with van der Waals surface area (Å²) in [6.45, 7) is 16.1. The van der Waals surface area contributed by atoms with Crippen molar-refractivity contribution in [1.82, 2.24) is 24.8 Å². The summed E-state index contributed by atoms with van der Waals surface area (Å²) < 4.78 is 5.66. The Kier molecular flexibility index (Phi) is 9.88. The number of morpholine rings is 1. The maximum atomic E-state index is 13.0. The van der Waals surface area contributed by atoms with Crippen LogP contribution in [0.4, 0.5) is 28.1 Å². The van der Waals surface area contributed by atoms with Crippen molar-refractivity contribution >= 4 is 35.2 Å². The third-order valence-corrected chi connectivity index (χ3v) is 9.54. The zero-order valence-electron chi connectivity index (χ0n) is 28.1. The van der Waals surface area contributed by atoms with Gasteiger partial charge in [-0.2, -0.15) is 15.0 Å². The van der Waals surface area contributed by atoms with Crippen molar-refractivity contribution in [3.63, 3.8) is 0 Å². The average Bonchev–Trinajstić information content (AvgIpc) is 3.42. The molecular weight excluding hydrogens is 594 g/mol. The first-order valence-corrected chi connectivity index (χ1v) is 16.9. The van der Waals surface area contributed by atoms with E-state index in [0.29, 0.717) is 66.0 Å². The SMILES string of the molecule is CC(C)N1CCN(C(=O)c2ccc(NC(=O)Nc3ccc(-c4nc(N5CCOC[C@H]5C)nc(N5[C@H](C)CC[C@@H]5C)n4)cc3)cc2)CC1. The maximum Gasteiger partial charge on any atom is 0.323 e. The summed E-state index contributed by atoms with van der Waals surface area (Å²) in [6, 6.07) is 15.5. The second-order valence-corrected chi connectivity index (χ2v) is 13.2. The predicted octanol–water partition coefficient (Wildman–Crippen LogP) is 4.95. The normalized spacial score (nSPS) is 22.1. The largest absolute Gasteiger partial charge is 0.377 e. The van der Waals surface area contributed by atoms with E-state index < -0.39 is 0 Å². The zero-order chi connectivity index (χ0) is 33.1. The number of rotatable bonds is 7. The molecule has 0 bridgehead atoms. The Morgan fingerprint density at radius 1 is 0.766 bits per heavy atom. The summed E-state index contributed by atoms with van der Waals surface area (Å²) in [5, 5.41) is 5.75. The molecule has 47 heavy (non-hydrogen) atoms. The van der Waals surface area contributed by atoms with Crippen LogP contribution in [-0.2, 0) is 4.74 Å². The highest BCUT2D eigenvalue weighted by Crippen LogP contribution is 2.31. The first kappa shape index (κ1) is 32.6. The van der Waals surface area contributed by atoms with Gasteiger partial charge in [0, 0.05) is 73.4 Å². The van der Waals surface area contributed by atoms with Crippen molar-refractivity contribution in [1.29, 1.82) is 0 Å². The molecule has 3 aromatic rings. The molecule has 0 unspecified atom stereocenters. The highest BCUT2D eigenvalue weighted by molar-refractivity contribution is 6.00. The summed E-state index contributed by atoms with van der Waals surface area (Å²) in [5.41, 5.74) is 2.70. The summed E-state index contributed by atoms with van der Waals surface area (Å²) in [4.78, 5) is 49.4. The fraction of sp³-hybridized carbons (Fsp3) is 0.514. The molecule has 3 amide bonds. The van der Waals surface area contributed by atoms with Crippen molar-refractivity contribution in [3.05, 3.63) is 54.1 Å². The molecule has 2 aromatic carbocycles. The number of ether oxygens (including phenoxy) is 1. The van der Waals surface area contributed by atoms with Crippen molar-refractivity contribution < 1.29 is 14.3 Å². The molecule has 0 spiro atoms. The zero-order valence-corrected chi connectivity index (χ0v) is 28.1. The number of carbonyl (C=O) groups is 2. The summed E-state index contributed by atoms with van der Waals surface area (Å²) in [5.74, 6) is 1.98. The Morgan fingerprint density at radius 3 is 1.96 bits per heavy atom. The highest BCUT2D eigenvalue weighted by Gasteiger charge is 2.32. The molecule has 3 atom stereocenters. The lowest BCUT2D eigenvalue weighted by Crippen LogP contribution is -2.50. The van der Waals surface area contributed by atoms with Gasteiger partial charge in [-0.1, -0.05) is 0 Å². The maximum absolute atomic E-state index is 13.0. The molecule has 2 N–H and O–H groups in total. The lowest BCUT2D eigenvalue weighted by Gasteiger charge is -2.37. The van der Waals surface area contributed by atoms with Gasteiger partial charge in [-0.25, -0.2) is 4.79 Å². The number of nitrogens with one attached hydrogen (secondary N) is 2. The number of hydrogen-bond donors (Lipinski definition) is 2. The van der Waals surface area contributed by atoms with Crippen LogP contribution in [0, 0.1) is 0 Å². The number of piperazine rings is 1. The second-order valence-electron chi connectivity index (χ2n) is 13.2. The molecule has 12 nitrogen and oxygen atoms in total. The molecule has 3 saturated heterocycles. The molecule has 0 saturated carbocycles. The van der Waals surface area contributed by atoms with E-state index in [0.717, 1.165) is 51.1 Å². The number of hydrogen-bond acceptors (Lipinski definition) is 9. The van der Waals surface area contributed by atoms with Gasteiger partial charge in [0.25, 0.3) is 5.91 Å². The van der Waals surface area contributed by atoms with Crippen LogP contribution in [0.1, 0.15) is 57.8 Å². The van der Waals surface area contributed by atoms with E-state index in [1.807, 2.05) is 29.2 Å². The Morgan fingerprint density at radius 2 is 1.36 bits per heavy atom. The number of nitrogens with zero attached hydrogens (tertiary/aromatic N) is 7. The number of benzene rings is 2. The standard InChI is InChI=1S/C35H47N9O3/c1-23(2)41-16-18-42(19-17-41)32(45)28-10-14-30(15-11-28)37-35(46)36-29-12-8-27(9-13-29)31-38-33(43-20-21-47-22-26(43)5)40-34(39-31)44-24(3)6-7-25(44)4/h8-15,23-26H,6-7,16-22H2,1-5H3,(H2,36,37,46)/t24-,25+,26-/m1/s1. The average molecular weight is 642 g/mol. The van der Waals surface area contributed by atoms with E-state index in [1.165, 1.54) is 0 Å². The van der Waals surface area contributed by atoms with E-state index in [2.05, 4.69) is 60.0 Å². The van der Waals surface area contributed by atoms with E-state index >= 15 is 0 Å². The molecule has 0 aliphatic carbocycles. The third-order valence-electron chi connectivity index (χ3n) is 9.54. The van der Waals surface area contributed by atoms with Crippen LogP contribution in [0.15, 0.2) is 48.5 Å². The second kappa shape index (κ2) is 14.2. The molecule has 6 rings (SSSR count). The van der Waals surface area contributed by atoms with Gasteiger partial charge in [0.15, 0.2) is 5.82 Å². The fourth-order valence-corrected chi connectivity index (χ4v) is 6.66. The topological polar surface area (TPSA) is 119 Å². The minimum Gasteiger partial charge on any atom is -0.377 e. The number of carbonyl (C=O) groups excluding carboxylic acids is 2. The van der Waals surface area contributed by atoms with Crippen LogP contribution in [0.25, 0.3) is 11.4 Å². The molecular formula is C35H47N9O3. The van der Waals surface area contributed by atoms with Crippen LogP contribution in [0.5, 0.6) is 0 Å². The molecule has 250 valence electrons. The van der Waals surface area contributed by atoms with Gasteiger partial charge in [0.2, 0.25) is 11.9 Å². The van der Waals surface area contributed by atoms with Crippen LogP contribution in [0.2, 0.25) is 0 Å². The number of anilines is 4. The quantitative estimate of drug-likeness (QED) is 0.369. The van der Waals surface area contributed by atoms with Crippen LogP contribution >= 0.6 is 0 Å². The minimum absolute atomic E-state index is 0.0193. The van der Waals surface area contributed by atoms with E-state index in [4.69, 9.17) is 19.7 Å². The lowest BCUT2D eigenvalue weighted by atomic mass is 10.1. The predicted molar refractivity (Wildman–Crippen MR) is 185 cm³/mol. The molecule has 4 heterocycles. The lowest BCUT2D eigenvalue weighted by molar-refractivity contribution is 0.0595. The Labute approximate surface area is 277 Å².